The zero-order chi connectivity index (χ0) is 13.8. The summed E-state index contributed by atoms with van der Waals surface area (Å²) in [5, 5.41) is 5.33. The number of thiazole rings is 1. The third-order valence-electron chi connectivity index (χ3n) is 3.54. The van der Waals surface area contributed by atoms with Gasteiger partial charge < -0.3 is 9.73 Å². The molecule has 1 N–H and O–H groups in total. The van der Waals surface area contributed by atoms with Gasteiger partial charge in [-0.25, -0.2) is 4.98 Å². The van der Waals surface area contributed by atoms with E-state index in [4.69, 9.17) is 4.42 Å². The molecule has 5 nitrogen and oxygen atoms in total. The van der Waals surface area contributed by atoms with Gasteiger partial charge in [-0.1, -0.05) is 0 Å². The minimum atomic E-state index is 0.0186. The van der Waals surface area contributed by atoms with Gasteiger partial charge >= 0.3 is 0 Å². The van der Waals surface area contributed by atoms with Crippen molar-refractivity contribution in [3.05, 3.63) is 35.7 Å². The molecular formula is C14H17N3O2S. The van der Waals surface area contributed by atoms with Crippen molar-refractivity contribution in [1.82, 2.24) is 9.88 Å². The van der Waals surface area contributed by atoms with Gasteiger partial charge in [0.1, 0.15) is 5.76 Å². The lowest BCUT2D eigenvalue weighted by atomic mass is 10.1. The molecule has 0 aromatic carbocycles. The molecule has 3 rings (SSSR count). The molecule has 1 atom stereocenters. The quantitative estimate of drug-likeness (QED) is 0.920. The zero-order valence-electron chi connectivity index (χ0n) is 11.1. The van der Waals surface area contributed by atoms with E-state index in [2.05, 4.69) is 15.2 Å². The minimum absolute atomic E-state index is 0.0186. The van der Waals surface area contributed by atoms with E-state index >= 15 is 0 Å². The maximum atomic E-state index is 11.9. The number of aromatic nitrogens is 1. The van der Waals surface area contributed by atoms with Crippen LogP contribution in [-0.2, 0) is 4.79 Å². The first-order valence-electron chi connectivity index (χ1n) is 6.80. The van der Waals surface area contributed by atoms with Crippen molar-refractivity contribution in [3.8, 4) is 0 Å². The Hall–Kier alpha value is -1.66. The highest BCUT2D eigenvalue weighted by Crippen LogP contribution is 2.31. The van der Waals surface area contributed by atoms with E-state index in [0.29, 0.717) is 17.6 Å². The van der Waals surface area contributed by atoms with Gasteiger partial charge in [-0.15, -0.1) is 11.3 Å². The number of rotatable bonds is 5. The summed E-state index contributed by atoms with van der Waals surface area (Å²) in [5.74, 6) is 1.02. The van der Waals surface area contributed by atoms with E-state index in [1.807, 2.05) is 17.5 Å². The number of carbonyl (C=O) groups is 1. The third kappa shape index (κ3) is 3.08. The number of hydrogen-bond acceptors (Lipinski definition) is 5. The summed E-state index contributed by atoms with van der Waals surface area (Å²) in [5.41, 5.74) is 0. The summed E-state index contributed by atoms with van der Waals surface area (Å²) in [7, 11) is 0. The van der Waals surface area contributed by atoms with Crippen molar-refractivity contribution >= 4 is 22.4 Å². The van der Waals surface area contributed by atoms with Crippen LogP contribution >= 0.6 is 11.3 Å². The van der Waals surface area contributed by atoms with Crippen molar-refractivity contribution in [2.75, 3.05) is 18.4 Å². The average Bonchev–Trinajstić information content (AvgIpc) is 3.18. The molecule has 20 heavy (non-hydrogen) atoms. The van der Waals surface area contributed by atoms with Crippen LogP contribution in [0.5, 0.6) is 0 Å². The molecule has 0 bridgehead atoms. The second kappa shape index (κ2) is 6.19. The molecule has 3 heterocycles. The van der Waals surface area contributed by atoms with Gasteiger partial charge in [0.25, 0.3) is 0 Å². The van der Waals surface area contributed by atoms with Crippen molar-refractivity contribution in [3.63, 3.8) is 0 Å². The predicted molar refractivity (Wildman–Crippen MR) is 77.6 cm³/mol. The fourth-order valence-electron chi connectivity index (χ4n) is 2.61. The molecule has 1 amide bonds. The van der Waals surface area contributed by atoms with E-state index < -0.39 is 0 Å². The van der Waals surface area contributed by atoms with Crippen LogP contribution in [0.1, 0.15) is 31.1 Å². The van der Waals surface area contributed by atoms with Crippen molar-refractivity contribution in [1.29, 1.82) is 0 Å². The fraction of sp³-hybridized carbons (Fsp3) is 0.429. The molecule has 1 saturated heterocycles. The van der Waals surface area contributed by atoms with E-state index in [1.165, 1.54) is 11.3 Å². The van der Waals surface area contributed by atoms with E-state index in [0.717, 1.165) is 31.7 Å². The van der Waals surface area contributed by atoms with Crippen LogP contribution in [0.3, 0.4) is 0 Å². The first-order chi connectivity index (χ1) is 9.83. The van der Waals surface area contributed by atoms with Crippen LogP contribution in [0.2, 0.25) is 0 Å². The number of amides is 1. The van der Waals surface area contributed by atoms with E-state index in [9.17, 15) is 4.79 Å². The molecule has 1 aliphatic rings. The Morgan fingerprint density at radius 3 is 3.30 bits per heavy atom. The number of furan rings is 1. The number of likely N-dealkylation sites (tertiary alicyclic amines) is 1. The highest BCUT2D eigenvalue weighted by molar-refractivity contribution is 7.13. The number of anilines is 1. The summed E-state index contributed by atoms with van der Waals surface area (Å²) in [6, 6.07) is 4.25. The first-order valence-corrected chi connectivity index (χ1v) is 7.68. The normalized spacial score (nSPS) is 19.3. The number of carbonyl (C=O) groups excluding carboxylic acids is 1. The number of hydrogen-bond donors (Lipinski definition) is 1. The minimum Gasteiger partial charge on any atom is -0.468 e. The highest BCUT2D eigenvalue weighted by atomic mass is 32.1. The van der Waals surface area contributed by atoms with Crippen LogP contribution in [0.4, 0.5) is 5.13 Å². The molecule has 0 aliphatic carbocycles. The highest BCUT2D eigenvalue weighted by Gasteiger charge is 2.27. The largest absolute Gasteiger partial charge is 0.468 e. The fourth-order valence-corrected chi connectivity index (χ4v) is 3.15. The lowest BCUT2D eigenvalue weighted by Gasteiger charge is -2.22. The average molecular weight is 291 g/mol. The van der Waals surface area contributed by atoms with Crippen LogP contribution in [-0.4, -0.2) is 28.9 Å². The Morgan fingerprint density at radius 1 is 1.60 bits per heavy atom. The van der Waals surface area contributed by atoms with Gasteiger partial charge in [0, 0.05) is 24.5 Å². The van der Waals surface area contributed by atoms with Crippen molar-refractivity contribution < 1.29 is 9.21 Å². The predicted octanol–water partition coefficient (Wildman–Crippen LogP) is 2.90. The molecule has 106 valence electrons. The van der Waals surface area contributed by atoms with Gasteiger partial charge in [-0.05, 0) is 31.5 Å². The van der Waals surface area contributed by atoms with Gasteiger partial charge in [-0.2, -0.15) is 0 Å². The van der Waals surface area contributed by atoms with Crippen LogP contribution < -0.4 is 5.32 Å². The Bertz CT molecular complexity index is 539. The Labute approximate surface area is 121 Å². The number of nitrogens with zero attached hydrogens (tertiary/aromatic N) is 2. The molecule has 1 aliphatic heterocycles. The smallest absolute Gasteiger partial charge is 0.227 e. The van der Waals surface area contributed by atoms with Gasteiger partial charge in [0.15, 0.2) is 5.13 Å². The third-order valence-corrected chi connectivity index (χ3v) is 4.23. The van der Waals surface area contributed by atoms with Gasteiger partial charge in [-0.3, -0.25) is 9.69 Å². The summed E-state index contributed by atoms with van der Waals surface area (Å²) in [6.45, 7) is 1.78. The second-order valence-corrected chi connectivity index (χ2v) is 5.74. The maximum Gasteiger partial charge on any atom is 0.227 e. The maximum absolute atomic E-state index is 11.9. The molecule has 0 radical (unpaired) electrons. The SMILES string of the molecule is O=C(CCN1CCC[C@H]1c1ccco1)Nc1nccs1. The molecule has 0 saturated carbocycles. The van der Waals surface area contributed by atoms with Gasteiger partial charge in [0.2, 0.25) is 5.91 Å². The van der Waals surface area contributed by atoms with Crippen molar-refractivity contribution in [2.24, 2.45) is 0 Å². The molecule has 0 spiro atoms. The second-order valence-electron chi connectivity index (χ2n) is 4.84. The Kier molecular flexibility index (Phi) is 4.13. The standard InChI is InChI=1S/C14H17N3O2S/c18-13(16-14-15-6-10-20-14)5-8-17-7-1-3-11(17)12-4-2-9-19-12/h2,4,6,9-11H,1,3,5,7-8H2,(H,15,16,18)/t11-/m0/s1. The Morgan fingerprint density at radius 2 is 2.55 bits per heavy atom. The van der Waals surface area contributed by atoms with Crippen LogP contribution in [0, 0.1) is 0 Å². The lowest BCUT2D eigenvalue weighted by molar-refractivity contribution is -0.116. The summed E-state index contributed by atoms with van der Waals surface area (Å²) >= 11 is 1.44. The van der Waals surface area contributed by atoms with Crippen molar-refractivity contribution in [2.45, 2.75) is 25.3 Å². The molecular weight excluding hydrogens is 274 g/mol. The summed E-state index contributed by atoms with van der Waals surface area (Å²) < 4.78 is 5.49. The topological polar surface area (TPSA) is 58.4 Å². The number of nitrogens with one attached hydrogen (secondary N) is 1. The molecule has 1 fully saturated rings. The summed E-state index contributed by atoms with van der Waals surface area (Å²) in [4.78, 5) is 18.2. The molecule has 2 aromatic heterocycles. The zero-order valence-corrected chi connectivity index (χ0v) is 11.9. The molecule has 6 heteroatoms. The first kappa shape index (κ1) is 13.3. The van der Waals surface area contributed by atoms with Gasteiger partial charge in [0.05, 0.1) is 12.3 Å². The van der Waals surface area contributed by atoms with E-state index in [1.54, 1.807) is 12.5 Å². The molecule has 0 unspecified atom stereocenters. The van der Waals surface area contributed by atoms with Crippen LogP contribution in [0.25, 0.3) is 0 Å². The summed E-state index contributed by atoms with van der Waals surface area (Å²) in [6.07, 6.45) is 6.13. The lowest BCUT2D eigenvalue weighted by Crippen LogP contribution is -2.27. The Balaban J connectivity index is 1.51. The molecule has 2 aromatic rings. The van der Waals surface area contributed by atoms with E-state index in [-0.39, 0.29) is 5.91 Å². The van der Waals surface area contributed by atoms with Crippen LogP contribution in [0.15, 0.2) is 34.4 Å². The monoisotopic (exact) mass is 291 g/mol.